The Morgan fingerprint density at radius 2 is 1.80 bits per heavy atom. The Morgan fingerprint density at radius 1 is 1.07 bits per heavy atom. The number of piperidine rings is 1. The third kappa shape index (κ3) is 7.39. The number of aliphatic carboxylic acids is 1. The first-order valence-electron chi connectivity index (χ1n) is 15.4. The molecule has 0 aliphatic carbocycles. The number of hydrogen-bond donors (Lipinski definition) is 4. The SMILES string of the molecule is Cc1cc(Nc2nc(Nc3ccccc3S(=O)(=O)C(C)C)c3cc[nH]c3n2)c(OC(C)C)cc1C1CCN(CCC(=O)O)CC1. The van der Waals surface area contributed by atoms with Gasteiger partial charge in [0.1, 0.15) is 17.2 Å². The number of aryl methyl sites for hydroxylation is 1. The predicted octanol–water partition coefficient (Wildman–Crippen LogP) is 6.38. The van der Waals surface area contributed by atoms with E-state index in [4.69, 9.17) is 19.8 Å². The predicted molar refractivity (Wildman–Crippen MR) is 177 cm³/mol. The highest BCUT2D eigenvalue weighted by Crippen LogP contribution is 2.38. The molecule has 0 radical (unpaired) electrons. The van der Waals surface area contributed by atoms with Crippen LogP contribution in [0.1, 0.15) is 64.0 Å². The summed E-state index contributed by atoms with van der Waals surface area (Å²) in [4.78, 5) is 26.1. The van der Waals surface area contributed by atoms with E-state index in [9.17, 15) is 13.2 Å². The van der Waals surface area contributed by atoms with Crippen LogP contribution in [0.4, 0.5) is 23.1 Å². The summed E-state index contributed by atoms with van der Waals surface area (Å²) in [6.07, 6.45) is 3.76. The van der Waals surface area contributed by atoms with E-state index in [0.29, 0.717) is 41.3 Å². The molecule has 0 spiro atoms. The van der Waals surface area contributed by atoms with E-state index in [2.05, 4.69) is 39.6 Å². The zero-order chi connectivity index (χ0) is 32.3. The van der Waals surface area contributed by atoms with Gasteiger partial charge in [0.2, 0.25) is 5.95 Å². The van der Waals surface area contributed by atoms with Crippen LogP contribution in [-0.4, -0.2) is 70.3 Å². The van der Waals surface area contributed by atoms with Gasteiger partial charge in [-0.15, -0.1) is 0 Å². The van der Waals surface area contributed by atoms with Crippen molar-refractivity contribution in [3.63, 3.8) is 0 Å². The first-order valence-corrected chi connectivity index (χ1v) is 16.9. The van der Waals surface area contributed by atoms with Gasteiger partial charge in [0, 0.05) is 12.7 Å². The number of aromatic nitrogens is 3. The number of rotatable bonds is 12. The number of ether oxygens (including phenoxy) is 1. The largest absolute Gasteiger partial charge is 0.489 e. The molecule has 240 valence electrons. The molecule has 11 nitrogen and oxygen atoms in total. The Hall–Kier alpha value is -4.16. The van der Waals surface area contributed by atoms with E-state index >= 15 is 0 Å². The topological polar surface area (TPSA) is 150 Å². The van der Waals surface area contributed by atoms with Gasteiger partial charge >= 0.3 is 5.97 Å². The van der Waals surface area contributed by atoms with Gasteiger partial charge in [-0.3, -0.25) is 4.79 Å². The lowest BCUT2D eigenvalue weighted by Gasteiger charge is -2.33. The minimum absolute atomic E-state index is 0.0672. The molecule has 0 bridgehead atoms. The standard InChI is InChI=1S/C33H42N6O5S/c1-20(2)44-28-19-25(23-11-15-39(16-12-23)17-13-30(40)41)22(5)18-27(28)36-33-37-31-24(10-14-34-31)32(38-33)35-26-8-6-7-9-29(26)45(42,43)21(3)4/h6-10,14,18-21,23H,11-13,15-17H2,1-5H3,(H,40,41)(H3,34,35,36,37,38). The number of nitrogens with zero attached hydrogens (tertiary/aromatic N) is 3. The fourth-order valence-electron chi connectivity index (χ4n) is 5.73. The van der Waals surface area contributed by atoms with Crippen molar-refractivity contribution in [1.82, 2.24) is 19.9 Å². The molecule has 0 atom stereocenters. The zero-order valence-electron chi connectivity index (χ0n) is 26.4. The van der Waals surface area contributed by atoms with Gasteiger partial charge in [-0.25, -0.2) is 8.42 Å². The van der Waals surface area contributed by atoms with Crippen molar-refractivity contribution in [3.05, 3.63) is 59.8 Å². The molecule has 1 aliphatic heterocycles. The van der Waals surface area contributed by atoms with E-state index < -0.39 is 21.1 Å². The van der Waals surface area contributed by atoms with Gasteiger partial charge in [0.15, 0.2) is 9.84 Å². The second kappa shape index (κ2) is 13.5. The molecule has 2 aromatic carbocycles. The second-order valence-electron chi connectivity index (χ2n) is 12.1. The number of H-pyrrole nitrogens is 1. The molecular formula is C33H42N6O5S. The van der Waals surface area contributed by atoms with Crippen molar-refractivity contribution in [2.24, 2.45) is 0 Å². The van der Waals surface area contributed by atoms with Crippen LogP contribution in [0.2, 0.25) is 0 Å². The maximum Gasteiger partial charge on any atom is 0.304 e. The van der Waals surface area contributed by atoms with Crippen molar-refractivity contribution in [2.75, 3.05) is 30.3 Å². The number of carbonyl (C=O) groups is 1. The number of fused-ring (bicyclic) bond motifs is 1. The molecule has 2 aromatic heterocycles. The lowest BCUT2D eigenvalue weighted by Crippen LogP contribution is -2.34. The van der Waals surface area contributed by atoms with E-state index in [1.165, 1.54) is 5.56 Å². The number of carboxylic acid groups (broad SMARTS) is 1. The molecule has 4 N–H and O–H groups in total. The summed E-state index contributed by atoms with van der Waals surface area (Å²) < 4.78 is 32.5. The van der Waals surface area contributed by atoms with Gasteiger partial charge < -0.3 is 30.4 Å². The zero-order valence-corrected chi connectivity index (χ0v) is 27.2. The molecule has 0 unspecified atom stereocenters. The Kier molecular flexibility index (Phi) is 9.64. The number of hydrogen-bond acceptors (Lipinski definition) is 9. The van der Waals surface area contributed by atoms with Crippen molar-refractivity contribution >= 4 is 50.0 Å². The molecular weight excluding hydrogens is 592 g/mol. The third-order valence-corrected chi connectivity index (χ3v) is 10.3. The molecule has 4 aromatic rings. The normalized spacial score (nSPS) is 14.7. The Bertz CT molecular complexity index is 1780. The van der Waals surface area contributed by atoms with Gasteiger partial charge in [-0.1, -0.05) is 12.1 Å². The summed E-state index contributed by atoms with van der Waals surface area (Å²) in [5.41, 5.74) is 4.10. The smallest absolute Gasteiger partial charge is 0.304 e. The molecule has 3 heterocycles. The summed E-state index contributed by atoms with van der Waals surface area (Å²) in [7, 11) is -3.54. The van der Waals surface area contributed by atoms with Gasteiger partial charge in [0.25, 0.3) is 0 Å². The number of aromatic amines is 1. The second-order valence-corrected chi connectivity index (χ2v) is 14.6. The molecule has 1 fully saturated rings. The third-order valence-electron chi connectivity index (χ3n) is 8.13. The average molecular weight is 635 g/mol. The van der Waals surface area contributed by atoms with Gasteiger partial charge in [-0.2, -0.15) is 9.97 Å². The molecule has 1 aliphatic rings. The minimum Gasteiger partial charge on any atom is -0.489 e. The summed E-state index contributed by atoms with van der Waals surface area (Å²) in [6.45, 7) is 11.7. The first kappa shape index (κ1) is 32.2. The Balaban J connectivity index is 1.44. The highest BCUT2D eigenvalue weighted by Gasteiger charge is 2.25. The van der Waals surface area contributed by atoms with Crippen LogP contribution in [0.15, 0.2) is 53.6 Å². The number of nitrogens with one attached hydrogen (secondary N) is 3. The maximum atomic E-state index is 13.1. The summed E-state index contributed by atoms with van der Waals surface area (Å²) in [6, 6.07) is 12.8. The number of anilines is 4. The monoisotopic (exact) mass is 634 g/mol. The molecule has 5 rings (SSSR count). The van der Waals surface area contributed by atoms with E-state index in [-0.39, 0.29) is 17.4 Å². The minimum atomic E-state index is -3.54. The Labute approximate surface area is 264 Å². The number of carboxylic acids is 1. The fraction of sp³-hybridized carbons (Fsp3) is 0.424. The van der Waals surface area contributed by atoms with E-state index in [1.54, 1.807) is 44.3 Å². The molecule has 45 heavy (non-hydrogen) atoms. The van der Waals surface area contributed by atoms with Crippen LogP contribution in [-0.2, 0) is 14.6 Å². The van der Waals surface area contributed by atoms with Crippen LogP contribution in [0.25, 0.3) is 11.0 Å². The first-order chi connectivity index (χ1) is 21.4. The van der Waals surface area contributed by atoms with Crippen LogP contribution < -0.4 is 15.4 Å². The summed E-state index contributed by atoms with van der Waals surface area (Å²) in [5, 5.41) is 15.8. The van der Waals surface area contributed by atoms with Crippen LogP contribution >= 0.6 is 0 Å². The lowest BCUT2D eigenvalue weighted by molar-refractivity contribution is -0.137. The highest BCUT2D eigenvalue weighted by atomic mass is 32.2. The number of para-hydroxylation sites is 1. The lowest BCUT2D eigenvalue weighted by atomic mass is 9.86. The maximum absolute atomic E-state index is 13.1. The summed E-state index contributed by atoms with van der Waals surface area (Å²) in [5.74, 6) is 1.06. The number of likely N-dealkylation sites (tertiary alicyclic amines) is 1. The van der Waals surface area contributed by atoms with Crippen LogP contribution in [0.3, 0.4) is 0 Å². The number of benzene rings is 2. The van der Waals surface area contributed by atoms with E-state index in [0.717, 1.165) is 42.6 Å². The average Bonchev–Trinajstić information content (AvgIpc) is 3.47. The van der Waals surface area contributed by atoms with Gasteiger partial charge in [0.05, 0.1) is 39.4 Å². The van der Waals surface area contributed by atoms with Crippen LogP contribution in [0, 0.1) is 6.92 Å². The molecule has 1 saturated heterocycles. The Morgan fingerprint density at radius 3 is 2.49 bits per heavy atom. The van der Waals surface area contributed by atoms with E-state index in [1.807, 2.05) is 19.9 Å². The fourth-order valence-corrected chi connectivity index (χ4v) is 6.93. The highest BCUT2D eigenvalue weighted by molar-refractivity contribution is 7.92. The van der Waals surface area contributed by atoms with Crippen molar-refractivity contribution in [3.8, 4) is 5.75 Å². The molecule has 12 heteroatoms. The molecule has 0 amide bonds. The van der Waals surface area contributed by atoms with Crippen molar-refractivity contribution in [1.29, 1.82) is 0 Å². The number of sulfone groups is 1. The van der Waals surface area contributed by atoms with Gasteiger partial charge in [-0.05, 0) is 108 Å². The van der Waals surface area contributed by atoms with Crippen LogP contribution in [0.5, 0.6) is 5.75 Å². The quantitative estimate of drug-likeness (QED) is 0.138. The van der Waals surface area contributed by atoms with Crippen molar-refractivity contribution < 1.29 is 23.1 Å². The summed E-state index contributed by atoms with van der Waals surface area (Å²) >= 11 is 0. The molecule has 0 saturated carbocycles. The van der Waals surface area contributed by atoms with Crippen molar-refractivity contribution in [2.45, 2.75) is 76.0 Å².